The van der Waals surface area contributed by atoms with E-state index in [4.69, 9.17) is 5.73 Å². The molecule has 158 valence electrons. The molecular weight excluding hydrogens is 414 g/mol. The normalized spacial score (nSPS) is 13.8. The van der Waals surface area contributed by atoms with Crippen LogP contribution in [0.3, 0.4) is 0 Å². The molecule has 0 radical (unpaired) electrons. The lowest BCUT2D eigenvalue weighted by atomic mass is 9.99. The second-order valence-corrected chi connectivity index (χ2v) is 9.00. The molecule has 3 aromatic rings. The van der Waals surface area contributed by atoms with Crippen LogP contribution in [0.1, 0.15) is 22.8 Å². The summed E-state index contributed by atoms with van der Waals surface area (Å²) in [6, 6.07) is 18.6. The minimum Gasteiger partial charge on any atom is -0.366 e. The average Bonchev–Trinajstić information content (AvgIpc) is 2.76. The summed E-state index contributed by atoms with van der Waals surface area (Å²) in [6.45, 7) is 1.58. The maximum atomic E-state index is 13.4. The number of para-hydroxylation sites is 1. The number of aryl methyl sites for hydroxylation is 1. The number of sulfonamides is 1. The van der Waals surface area contributed by atoms with Crippen LogP contribution in [0.4, 0.5) is 11.4 Å². The first-order chi connectivity index (χ1) is 14.8. The number of nitrogens with zero attached hydrogens (tertiary/aromatic N) is 1. The van der Waals surface area contributed by atoms with Crippen LogP contribution in [-0.2, 0) is 21.2 Å². The predicted molar refractivity (Wildman–Crippen MR) is 119 cm³/mol. The minimum atomic E-state index is -3.95. The van der Waals surface area contributed by atoms with Crippen molar-refractivity contribution in [3.63, 3.8) is 0 Å². The van der Waals surface area contributed by atoms with Gasteiger partial charge in [-0.05, 0) is 42.3 Å². The maximum absolute atomic E-state index is 13.4. The van der Waals surface area contributed by atoms with Gasteiger partial charge in [0.2, 0.25) is 5.91 Å². The Morgan fingerprint density at radius 1 is 0.968 bits per heavy atom. The van der Waals surface area contributed by atoms with Gasteiger partial charge in [0.15, 0.2) is 0 Å². The molecule has 0 fully saturated rings. The van der Waals surface area contributed by atoms with Crippen LogP contribution < -0.4 is 15.4 Å². The molecule has 0 atom stereocenters. The molecular formula is C23H21N3O4S. The fourth-order valence-electron chi connectivity index (χ4n) is 3.70. The minimum absolute atomic E-state index is 0.149. The summed E-state index contributed by atoms with van der Waals surface area (Å²) in [4.78, 5) is 24.6. The van der Waals surface area contributed by atoms with Gasteiger partial charge in [-0.15, -0.1) is 0 Å². The molecule has 31 heavy (non-hydrogen) atoms. The van der Waals surface area contributed by atoms with Crippen LogP contribution in [0.15, 0.2) is 71.6 Å². The van der Waals surface area contributed by atoms with Gasteiger partial charge in [-0.2, -0.15) is 0 Å². The smallest absolute Gasteiger partial charge is 0.265 e. The summed E-state index contributed by atoms with van der Waals surface area (Å²) in [6.07, 6.45) is 0.798. The Bertz CT molecular complexity index is 1300. The summed E-state index contributed by atoms with van der Waals surface area (Å²) in [5.41, 5.74) is 8.62. The van der Waals surface area contributed by atoms with Crippen LogP contribution in [0, 0.1) is 0 Å². The molecule has 0 saturated carbocycles. The molecule has 4 rings (SSSR count). The number of nitrogens with one attached hydrogen (secondary N) is 1. The van der Waals surface area contributed by atoms with Gasteiger partial charge in [-0.3, -0.25) is 13.9 Å². The molecule has 0 aromatic heterocycles. The lowest BCUT2D eigenvalue weighted by Crippen LogP contribution is -2.40. The summed E-state index contributed by atoms with van der Waals surface area (Å²) >= 11 is 0. The topological polar surface area (TPSA) is 110 Å². The van der Waals surface area contributed by atoms with Crippen molar-refractivity contribution >= 4 is 33.2 Å². The van der Waals surface area contributed by atoms with Crippen LogP contribution in [-0.4, -0.2) is 26.8 Å². The monoisotopic (exact) mass is 435 g/mol. The summed E-state index contributed by atoms with van der Waals surface area (Å²) < 4.78 is 27.8. The van der Waals surface area contributed by atoms with Crippen molar-refractivity contribution in [2.75, 3.05) is 16.2 Å². The van der Waals surface area contributed by atoms with Gasteiger partial charge in [-0.25, -0.2) is 8.42 Å². The Labute approximate surface area is 180 Å². The van der Waals surface area contributed by atoms with Gasteiger partial charge in [0.05, 0.1) is 21.8 Å². The van der Waals surface area contributed by atoms with Crippen molar-refractivity contribution in [1.29, 1.82) is 0 Å². The summed E-state index contributed by atoms with van der Waals surface area (Å²) in [7, 11) is -3.95. The van der Waals surface area contributed by atoms with Crippen LogP contribution in [0.25, 0.3) is 11.1 Å². The first-order valence-electron chi connectivity index (χ1n) is 9.76. The summed E-state index contributed by atoms with van der Waals surface area (Å²) in [5.74, 6) is -1.27. The molecule has 3 N–H and O–H groups in total. The zero-order chi connectivity index (χ0) is 22.2. The highest BCUT2D eigenvalue weighted by molar-refractivity contribution is 7.93. The van der Waals surface area contributed by atoms with E-state index in [-0.39, 0.29) is 16.1 Å². The average molecular weight is 436 g/mol. The molecule has 1 aliphatic rings. The quantitative estimate of drug-likeness (QED) is 0.641. The SMILES string of the molecule is CCc1ccc2c(c1)-c1ccccc1S(=O)(=O)N2CC(=O)Nc1ccccc1C(N)=O. The Balaban J connectivity index is 1.74. The second-order valence-electron chi connectivity index (χ2n) is 7.17. The standard InChI is InChI=1S/C23H21N3O4S/c1-2-15-11-12-20-18(13-15)16-7-4-6-10-21(16)31(29,30)26(20)14-22(27)25-19-9-5-3-8-17(19)23(24)28/h3-13H,2,14H2,1H3,(H2,24,28)(H,25,27). The highest BCUT2D eigenvalue weighted by Crippen LogP contribution is 2.43. The van der Waals surface area contributed by atoms with E-state index in [9.17, 15) is 18.0 Å². The van der Waals surface area contributed by atoms with Crippen LogP contribution in [0.5, 0.6) is 0 Å². The molecule has 1 heterocycles. The number of hydrogen-bond donors (Lipinski definition) is 2. The van der Waals surface area contributed by atoms with E-state index >= 15 is 0 Å². The van der Waals surface area contributed by atoms with Gasteiger partial charge in [0, 0.05) is 11.1 Å². The molecule has 0 saturated heterocycles. The molecule has 0 bridgehead atoms. The van der Waals surface area contributed by atoms with Crippen molar-refractivity contribution in [2.24, 2.45) is 5.73 Å². The third-order valence-electron chi connectivity index (χ3n) is 5.24. The van der Waals surface area contributed by atoms with E-state index in [1.807, 2.05) is 19.1 Å². The van der Waals surface area contributed by atoms with E-state index in [1.54, 1.807) is 48.5 Å². The third kappa shape index (κ3) is 3.66. The van der Waals surface area contributed by atoms with E-state index in [0.29, 0.717) is 11.3 Å². The van der Waals surface area contributed by atoms with E-state index in [2.05, 4.69) is 5.32 Å². The van der Waals surface area contributed by atoms with E-state index in [1.165, 1.54) is 6.07 Å². The molecule has 0 aliphatic carbocycles. The highest BCUT2D eigenvalue weighted by Gasteiger charge is 2.36. The molecule has 2 amide bonds. The fourth-order valence-corrected chi connectivity index (χ4v) is 5.35. The maximum Gasteiger partial charge on any atom is 0.265 e. The third-order valence-corrected chi connectivity index (χ3v) is 7.05. The Kier molecular flexibility index (Phi) is 5.24. The first kappa shape index (κ1) is 20.6. The number of carbonyl (C=O) groups is 2. The Hall–Kier alpha value is -3.65. The number of anilines is 2. The van der Waals surface area contributed by atoms with Crippen LogP contribution in [0.2, 0.25) is 0 Å². The van der Waals surface area contributed by atoms with Crippen molar-refractivity contribution in [2.45, 2.75) is 18.2 Å². The zero-order valence-electron chi connectivity index (χ0n) is 16.8. The fraction of sp³-hybridized carbons (Fsp3) is 0.130. The number of primary amides is 1. The molecule has 7 nitrogen and oxygen atoms in total. The number of fused-ring (bicyclic) bond motifs is 3. The van der Waals surface area contributed by atoms with Crippen molar-refractivity contribution in [3.8, 4) is 11.1 Å². The molecule has 1 aliphatic heterocycles. The zero-order valence-corrected chi connectivity index (χ0v) is 17.6. The Morgan fingerprint density at radius 3 is 2.42 bits per heavy atom. The molecule has 8 heteroatoms. The van der Waals surface area contributed by atoms with Gasteiger partial charge >= 0.3 is 0 Å². The first-order valence-corrected chi connectivity index (χ1v) is 11.2. The number of carbonyl (C=O) groups excluding carboxylic acids is 2. The number of rotatable bonds is 5. The highest BCUT2D eigenvalue weighted by atomic mass is 32.2. The second kappa shape index (κ2) is 7.88. The Morgan fingerprint density at radius 2 is 1.68 bits per heavy atom. The molecule has 0 unspecified atom stereocenters. The van der Waals surface area contributed by atoms with Gasteiger partial charge in [-0.1, -0.05) is 43.3 Å². The van der Waals surface area contributed by atoms with Crippen LogP contribution >= 0.6 is 0 Å². The van der Waals surface area contributed by atoms with Gasteiger partial charge in [0.25, 0.3) is 15.9 Å². The van der Waals surface area contributed by atoms with E-state index in [0.717, 1.165) is 21.9 Å². The van der Waals surface area contributed by atoms with Crippen molar-refractivity contribution in [3.05, 3.63) is 77.9 Å². The van der Waals surface area contributed by atoms with Crippen molar-refractivity contribution < 1.29 is 18.0 Å². The number of nitrogens with two attached hydrogens (primary N) is 1. The number of amides is 2. The predicted octanol–water partition coefficient (Wildman–Crippen LogP) is 3.16. The number of benzene rings is 3. The van der Waals surface area contributed by atoms with Gasteiger partial charge in [0.1, 0.15) is 6.54 Å². The lowest BCUT2D eigenvalue weighted by Gasteiger charge is -2.32. The molecule has 3 aromatic carbocycles. The van der Waals surface area contributed by atoms with Gasteiger partial charge < -0.3 is 11.1 Å². The largest absolute Gasteiger partial charge is 0.366 e. The lowest BCUT2D eigenvalue weighted by molar-refractivity contribution is -0.114. The van der Waals surface area contributed by atoms with E-state index < -0.39 is 28.4 Å². The summed E-state index contributed by atoms with van der Waals surface area (Å²) in [5, 5.41) is 2.61. The van der Waals surface area contributed by atoms with Crippen molar-refractivity contribution in [1.82, 2.24) is 0 Å². The number of hydrogen-bond acceptors (Lipinski definition) is 4. The molecule has 0 spiro atoms.